The molecule has 0 spiro atoms. The summed E-state index contributed by atoms with van der Waals surface area (Å²) in [6, 6.07) is 23.4. The van der Waals surface area contributed by atoms with Crippen LogP contribution < -0.4 is 14.5 Å². The van der Waals surface area contributed by atoms with Crippen molar-refractivity contribution in [1.82, 2.24) is 4.98 Å². The molecule has 4 aliphatic rings. The zero-order chi connectivity index (χ0) is 37.0. The Morgan fingerprint density at radius 2 is 1.55 bits per heavy atom. The van der Waals surface area contributed by atoms with Crippen LogP contribution in [-0.4, -0.2) is 50.6 Å². The zero-order valence-electron chi connectivity index (χ0n) is 27.8. The summed E-state index contributed by atoms with van der Waals surface area (Å²) >= 11 is 14.9. The number of amides is 4. The summed E-state index contributed by atoms with van der Waals surface area (Å²) in [5, 5.41) is 11.4. The average Bonchev–Trinajstić information content (AvgIpc) is 3.75. The second-order valence-corrected chi connectivity index (χ2v) is 14.9. The maximum atomic E-state index is 14.6. The molecule has 2 aliphatic carbocycles. The van der Waals surface area contributed by atoms with E-state index in [1.807, 2.05) is 24.3 Å². The van der Waals surface area contributed by atoms with Crippen LogP contribution in [0, 0.1) is 23.6 Å². The molecule has 3 fully saturated rings. The van der Waals surface area contributed by atoms with E-state index in [0.29, 0.717) is 33.8 Å². The van der Waals surface area contributed by atoms with E-state index in [9.17, 15) is 28.7 Å². The fourth-order valence-corrected chi connectivity index (χ4v) is 9.64. The molecule has 266 valence electrons. The first-order valence-corrected chi connectivity index (χ1v) is 17.7. The Hall–Kier alpha value is -5.52. The van der Waals surface area contributed by atoms with Crippen LogP contribution in [0.2, 0.25) is 0 Å². The summed E-state index contributed by atoms with van der Waals surface area (Å²) < 4.78 is 25.5. The first-order valence-electron chi connectivity index (χ1n) is 16.9. The maximum absolute atomic E-state index is 14.6. The van der Waals surface area contributed by atoms with Gasteiger partial charge in [-0.15, -0.1) is 23.2 Å². The number of imide groups is 2. The number of aromatic nitrogens is 1. The molecule has 2 aliphatic heterocycles. The fourth-order valence-electron chi connectivity index (χ4n) is 8.72. The summed E-state index contributed by atoms with van der Waals surface area (Å²) in [5.41, 5.74) is 2.94. The summed E-state index contributed by atoms with van der Waals surface area (Å²) in [6.45, 7) is 0. The molecule has 0 bridgehead atoms. The molecule has 4 amide bonds. The highest BCUT2D eigenvalue weighted by atomic mass is 35.5. The van der Waals surface area contributed by atoms with Crippen molar-refractivity contribution < 1.29 is 37.8 Å². The van der Waals surface area contributed by atoms with E-state index in [1.54, 1.807) is 42.5 Å². The largest absolute Gasteiger partial charge is 0.508 e. The molecule has 0 radical (unpaired) electrons. The fraction of sp³-hybridized carbons (Fsp3) is 0.225. The van der Waals surface area contributed by atoms with E-state index in [-0.39, 0.29) is 35.6 Å². The maximum Gasteiger partial charge on any atom is 0.258 e. The highest BCUT2D eigenvalue weighted by Gasteiger charge is 2.77. The average molecular weight is 753 g/mol. The van der Waals surface area contributed by atoms with E-state index in [4.69, 9.17) is 32.4 Å². The van der Waals surface area contributed by atoms with Crippen molar-refractivity contribution in [2.24, 2.45) is 17.8 Å². The van der Waals surface area contributed by atoms with Crippen LogP contribution in [0.15, 0.2) is 107 Å². The van der Waals surface area contributed by atoms with Gasteiger partial charge in [-0.3, -0.25) is 24.1 Å². The third kappa shape index (κ3) is 4.53. The first kappa shape index (κ1) is 33.3. The molecular formula is C40H28Cl2FN3O7. The Bertz CT molecular complexity index is 2400. The van der Waals surface area contributed by atoms with Crippen molar-refractivity contribution in [3.63, 3.8) is 0 Å². The number of alkyl halides is 2. The van der Waals surface area contributed by atoms with Crippen molar-refractivity contribution in [3.05, 3.63) is 114 Å². The quantitative estimate of drug-likeness (QED) is 0.114. The van der Waals surface area contributed by atoms with Gasteiger partial charge in [-0.1, -0.05) is 29.8 Å². The number of phenolic OH excluding ortho intramolecular Hbond substituents is 1. The summed E-state index contributed by atoms with van der Waals surface area (Å²) in [4.78, 5) is 59.9. The Balaban J connectivity index is 1.14. The number of nitrogens with zero attached hydrogens (tertiary/aromatic N) is 3. The number of carbonyl (C=O) groups excluding carboxylic acids is 4. The molecule has 13 heteroatoms. The number of aromatic hydroxyl groups is 1. The van der Waals surface area contributed by atoms with Gasteiger partial charge in [0.2, 0.25) is 17.7 Å². The summed E-state index contributed by atoms with van der Waals surface area (Å²) in [5.74, 6) is -6.86. The molecule has 6 atom stereocenters. The number of rotatable bonds is 5. The van der Waals surface area contributed by atoms with Crippen LogP contribution in [0.1, 0.15) is 24.3 Å². The van der Waals surface area contributed by atoms with Gasteiger partial charge in [-0.2, -0.15) is 0 Å². The van der Waals surface area contributed by atoms with Gasteiger partial charge in [0.15, 0.2) is 15.3 Å². The standard InChI is InChI=1S/C40H28Cl2FN3O7/c1-52-30-8-4-6-28(47)32(30)33-24-17-18-25-31(26(24)19-39(41)37(50)46(38(51)40(33,39)42)23-15-11-21(43)12-16-23)36(49)45(35(25)48)22-13-9-20(10-14-22)34-44-27-5-2-3-7-29(27)53-34/h2-17,25-26,31,33,47H,18-19H2,1H3. The Morgan fingerprint density at radius 1 is 0.849 bits per heavy atom. The van der Waals surface area contributed by atoms with Gasteiger partial charge in [0.25, 0.3) is 11.8 Å². The van der Waals surface area contributed by atoms with E-state index >= 15 is 0 Å². The molecule has 1 N–H and O–H groups in total. The second kappa shape index (κ2) is 11.7. The van der Waals surface area contributed by atoms with Crippen LogP contribution in [0.3, 0.4) is 0 Å². The number of methoxy groups -OCH3 is 1. The number of hydrogen-bond donors (Lipinski definition) is 1. The van der Waals surface area contributed by atoms with Crippen molar-refractivity contribution in [2.75, 3.05) is 16.9 Å². The minimum atomic E-state index is -2.23. The first-order chi connectivity index (χ1) is 25.5. The molecule has 6 unspecified atom stereocenters. The van der Waals surface area contributed by atoms with E-state index in [1.165, 1.54) is 25.3 Å². The molecule has 4 aromatic carbocycles. The minimum Gasteiger partial charge on any atom is -0.508 e. The Labute approximate surface area is 311 Å². The van der Waals surface area contributed by atoms with Crippen LogP contribution >= 0.6 is 23.2 Å². The lowest BCUT2D eigenvalue weighted by atomic mass is 9.56. The predicted molar refractivity (Wildman–Crippen MR) is 193 cm³/mol. The number of phenols is 1. The number of anilines is 2. The molecule has 1 aromatic heterocycles. The number of para-hydroxylation sites is 2. The van der Waals surface area contributed by atoms with E-state index < -0.39 is 62.9 Å². The number of ether oxygens (including phenoxy) is 1. The molecule has 10 nitrogen and oxygen atoms in total. The van der Waals surface area contributed by atoms with Gasteiger partial charge >= 0.3 is 0 Å². The molecular weight excluding hydrogens is 724 g/mol. The van der Waals surface area contributed by atoms with E-state index in [2.05, 4.69) is 4.98 Å². The lowest BCUT2D eigenvalue weighted by Gasteiger charge is -2.50. The van der Waals surface area contributed by atoms with Crippen LogP contribution in [0.4, 0.5) is 15.8 Å². The number of hydrogen-bond acceptors (Lipinski definition) is 8. The molecule has 1 saturated carbocycles. The molecule has 9 rings (SSSR count). The van der Waals surface area contributed by atoms with Crippen molar-refractivity contribution in [3.8, 4) is 23.0 Å². The number of carbonyl (C=O) groups is 4. The van der Waals surface area contributed by atoms with Crippen LogP contribution in [0.5, 0.6) is 11.5 Å². The number of halogens is 3. The van der Waals surface area contributed by atoms with Crippen molar-refractivity contribution in [2.45, 2.75) is 28.5 Å². The second-order valence-electron chi connectivity index (χ2n) is 13.7. The van der Waals surface area contributed by atoms with Gasteiger partial charge in [-0.25, -0.2) is 14.3 Å². The van der Waals surface area contributed by atoms with Crippen molar-refractivity contribution >= 4 is 69.3 Å². The monoisotopic (exact) mass is 751 g/mol. The van der Waals surface area contributed by atoms with Crippen LogP contribution in [0.25, 0.3) is 22.6 Å². The minimum absolute atomic E-state index is 0.0493. The molecule has 53 heavy (non-hydrogen) atoms. The number of benzene rings is 4. The smallest absolute Gasteiger partial charge is 0.258 e. The normalized spacial score (nSPS) is 27.9. The summed E-state index contributed by atoms with van der Waals surface area (Å²) in [6.07, 6.45) is 1.62. The number of fused-ring (bicyclic) bond motifs is 5. The van der Waals surface area contributed by atoms with E-state index in [0.717, 1.165) is 21.9 Å². The zero-order valence-corrected chi connectivity index (χ0v) is 29.3. The lowest BCUT2D eigenvalue weighted by Crippen LogP contribution is -2.60. The predicted octanol–water partition coefficient (Wildman–Crippen LogP) is 7.12. The third-order valence-corrected chi connectivity index (χ3v) is 12.5. The Morgan fingerprint density at radius 3 is 2.26 bits per heavy atom. The number of allylic oxidation sites excluding steroid dienone is 2. The van der Waals surface area contributed by atoms with Crippen LogP contribution in [-0.2, 0) is 19.2 Å². The van der Waals surface area contributed by atoms with Gasteiger partial charge in [-0.05, 0) is 91.6 Å². The van der Waals surface area contributed by atoms with Gasteiger partial charge in [0, 0.05) is 17.0 Å². The highest BCUT2D eigenvalue weighted by Crippen LogP contribution is 2.67. The van der Waals surface area contributed by atoms with Gasteiger partial charge in [0.05, 0.1) is 30.3 Å². The summed E-state index contributed by atoms with van der Waals surface area (Å²) in [7, 11) is 1.39. The number of oxazole rings is 1. The highest BCUT2D eigenvalue weighted by molar-refractivity contribution is 6.58. The molecule has 2 saturated heterocycles. The lowest BCUT2D eigenvalue weighted by molar-refractivity contribution is -0.125. The van der Waals surface area contributed by atoms with Crippen molar-refractivity contribution in [1.29, 1.82) is 0 Å². The van der Waals surface area contributed by atoms with Gasteiger partial charge < -0.3 is 14.3 Å². The molecule has 5 aromatic rings. The molecule has 3 heterocycles. The van der Waals surface area contributed by atoms with Gasteiger partial charge in [0.1, 0.15) is 22.8 Å². The Kier molecular flexibility index (Phi) is 7.38. The third-order valence-electron chi connectivity index (χ3n) is 11.1. The topological polar surface area (TPSA) is 130 Å². The SMILES string of the molecule is COc1cccc(O)c1C1C2=CCC3C(=O)N(c4ccc(-c5nc6ccccc6o5)cc4)C(=O)C3C2CC2(Cl)C(=O)N(c3ccc(F)cc3)C(=O)C12Cl.